The minimum Gasteiger partial charge on any atom is -0.391 e. The van der Waals surface area contributed by atoms with Crippen LogP contribution in [0.25, 0.3) is 0 Å². The molecule has 0 radical (unpaired) electrons. The predicted molar refractivity (Wildman–Crippen MR) is 75.6 cm³/mol. The van der Waals surface area contributed by atoms with Gasteiger partial charge in [0.1, 0.15) is 0 Å². The van der Waals surface area contributed by atoms with Gasteiger partial charge in [-0.2, -0.15) is 0 Å². The van der Waals surface area contributed by atoms with E-state index in [-0.39, 0.29) is 6.10 Å². The molecule has 1 aliphatic carbocycles. The van der Waals surface area contributed by atoms with Gasteiger partial charge in [0.05, 0.1) is 6.10 Å². The zero-order valence-corrected chi connectivity index (χ0v) is 12.4. The fraction of sp³-hybridized carbons (Fsp3) is 1.00. The van der Waals surface area contributed by atoms with Crippen LogP contribution in [0.3, 0.4) is 0 Å². The molecule has 1 saturated heterocycles. The van der Waals surface area contributed by atoms with Crippen LogP contribution in [0.15, 0.2) is 0 Å². The van der Waals surface area contributed by atoms with Crippen molar-refractivity contribution in [1.82, 2.24) is 4.90 Å². The molecule has 2 nitrogen and oxygen atoms in total. The Morgan fingerprint density at radius 2 is 1.59 bits per heavy atom. The number of rotatable bonds is 4. The minimum absolute atomic E-state index is 0.184. The van der Waals surface area contributed by atoms with E-state index in [9.17, 15) is 5.11 Å². The molecule has 1 aliphatic heterocycles. The minimum atomic E-state index is -0.184. The Labute approximate surface area is 114 Å². The molecule has 2 fully saturated rings. The summed E-state index contributed by atoms with van der Waals surface area (Å²) in [5.74, 6) is 0.698. The summed E-state index contributed by atoms with van der Waals surface area (Å²) in [6, 6.07) is 0. The van der Waals surface area contributed by atoms with E-state index in [1.165, 1.54) is 64.5 Å². The molecular formula is C14H26BrNO. The molecule has 2 atom stereocenters. The van der Waals surface area contributed by atoms with Crippen LogP contribution in [-0.4, -0.2) is 40.6 Å². The topological polar surface area (TPSA) is 23.5 Å². The average Bonchev–Trinajstić information content (AvgIpc) is 2.40. The van der Waals surface area contributed by atoms with E-state index in [2.05, 4.69) is 20.8 Å². The van der Waals surface area contributed by atoms with Gasteiger partial charge in [0.25, 0.3) is 0 Å². The van der Waals surface area contributed by atoms with Gasteiger partial charge < -0.3 is 10.0 Å². The van der Waals surface area contributed by atoms with Crippen molar-refractivity contribution in [2.24, 2.45) is 5.92 Å². The molecule has 0 aromatic carbocycles. The largest absolute Gasteiger partial charge is 0.391 e. The van der Waals surface area contributed by atoms with Crippen molar-refractivity contribution in [2.45, 2.75) is 62.3 Å². The zero-order chi connectivity index (χ0) is 12.1. The summed E-state index contributed by atoms with van der Waals surface area (Å²) < 4.78 is 0. The highest BCUT2D eigenvalue weighted by atomic mass is 79.9. The average molecular weight is 304 g/mol. The molecular weight excluding hydrogens is 278 g/mol. The number of halogens is 1. The lowest BCUT2D eigenvalue weighted by Gasteiger charge is -2.34. The molecule has 1 heterocycles. The van der Waals surface area contributed by atoms with E-state index in [1.807, 2.05) is 0 Å². The molecule has 0 unspecified atom stereocenters. The predicted octanol–water partition coefficient (Wildman–Crippen LogP) is 3.18. The van der Waals surface area contributed by atoms with Gasteiger partial charge in [-0.05, 0) is 44.7 Å². The van der Waals surface area contributed by atoms with E-state index in [0.29, 0.717) is 10.7 Å². The molecule has 1 N–H and O–H groups in total. The van der Waals surface area contributed by atoms with Crippen molar-refractivity contribution in [3.63, 3.8) is 0 Å². The molecule has 0 amide bonds. The van der Waals surface area contributed by atoms with Crippen LogP contribution in [0.1, 0.15) is 51.4 Å². The second-order valence-electron chi connectivity index (χ2n) is 5.77. The van der Waals surface area contributed by atoms with Crippen LogP contribution in [0, 0.1) is 5.92 Å². The van der Waals surface area contributed by atoms with Crippen LogP contribution < -0.4 is 0 Å². The third-order valence-electron chi connectivity index (χ3n) is 4.36. The van der Waals surface area contributed by atoms with Gasteiger partial charge >= 0.3 is 0 Å². The third-order valence-corrected chi connectivity index (χ3v) is 5.72. The highest BCUT2D eigenvalue weighted by Gasteiger charge is 2.28. The van der Waals surface area contributed by atoms with Gasteiger partial charge in [0.15, 0.2) is 0 Å². The van der Waals surface area contributed by atoms with E-state index < -0.39 is 0 Å². The van der Waals surface area contributed by atoms with E-state index in [4.69, 9.17) is 0 Å². The molecule has 17 heavy (non-hydrogen) atoms. The Hall–Kier alpha value is 0.400. The maximum Gasteiger partial charge on any atom is 0.0794 e. The van der Waals surface area contributed by atoms with Crippen LogP contribution in [0.4, 0.5) is 0 Å². The van der Waals surface area contributed by atoms with Gasteiger partial charge in [-0.25, -0.2) is 0 Å². The summed E-state index contributed by atoms with van der Waals surface area (Å²) in [5, 5.41) is 10.3. The number of β-amino-alcohol motifs (C(OH)–C–C–N with tert-alkyl or cyclic N) is 1. The lowest BCUT2D eigenvalue weighted by Crippen LogP contribution is -2.42. The van der Waals surface area contributed by atoms with Gasteiger partial charge in [-0.3, -0.25) is 0 Å². The first-order chi connectivity index (χ1) is 8.27. The Bertz CT molecular complexity index is 212. The summed E-state index contributed by atoms with van der Waals surface area (Å²) in [7, 11) is 0. The quantitative estimate of drug-likeness (QED) is 0.806. The molecule has 2 rings (SSSR count). The number of likely N-dealkylation sites (tertiary alicyclic amines) is 1. The highest BCUT2D eigenvalue weighted by molar-refractivity contribution is 9.09. The number of hydrogen-bond acceptors (Lipinski definition) is 2. The lowest BCUT2D eigenvalue weighted by molar-refractivity contribution is 0.0832. The Balaban J connectivity index is 1.75. The molecule has 100 valence electrons. The Kier molecular flexibility index (Phi) is 5.78. The zero-order valence-electron chi connectivity index (χ0n) is 10.8. The normalized spacial score (nSPS) is 27.9. The first kappa shape index (κ1) is 13.8. The van der Waals surface area contributed by atoms with Crippen LogP contribution in [0.2, 0.25) is 0 Å². The fourth-order valence-electron chi connectivity index (χ4n) is 3.27. The van der Waals surface area contributed by atoms with Crippen molar-refractivity contribution < 1.29 is 5.11 Å². The van der Waals surface area contributed by atoms with Crippen LogP contribution in [-0.2, 0) is 0 Å². The van der Waals surface area contributed by atoms with Gasteiger partial charge in [-0.1, -0.05) is 41.6 Å². The van der Waals surface area contributed by atoms with Crippen molar-refractivity contribution in [2.75, 3.05) is 19.6 Å². The van der Waals surface area contributed by atoms with Crippen LogP contribution >= 0.6 is 15.9 Å². The standard InChI is InChI=1S/C14H26BrNO/c15-14(12-7-3-1-4-8-12)13(17)11-16-9-5-2-6-10-16/h12-14,17H,1-11H2/t13-,14+/m1/s1. The SMILES string of the molecule is O[C@H](CN1CCCCC1)[C@@H](Br)C1CCCCC1. The van der Waals surface area contributed by atoms with Crippen molar-refractivity contribution in [3.8, 4) is 0 Å². The number of aliphatic hydroxyl groups excluding tert-OH is 1. The van der Waals surface area contributed by atoms with Crippen LogP contribution in [0.5, 0.6) is 0 Å². The molecule has 0 aromatic heterocycles. The van der Waals surface area contributed by atoms with E-state index >= 15 is 0 Å². The van der Waals surface area contributed by atoms with E-state index in [1.54, 1.807) is 0 Å². The monoisotopic (exact) mass is 303 g/mol. The van der Waals surface area contributed by atoms with Crippen molar-refractivity contribution in [3.05, 3.63) is 0 Å². The highest BCUT2D eigenvalue weighted by Crippen LogP contribution is 2.32. The number of hydrogen-bond donors (Lipinski definition) is 1. The maximum atomic E-state index is 10.3. The first-order valence-corrected chi connectivity index (χ1v) is 8.23. The molecule has 0 aromatic rings. The molecule has 1 saturated carbocycles. The molecule has 3 heteroatoms. The van der Waals surface area contributed by atoms with Crippen molar-refractivity contribution >= 4 is 15.9 Å². The summed E-state index contributed by atoms with van der Waals surface area (Å²) in [5.41, 5.74) is 0. The smallest absolute Gasteiger partial charge is 0.0794 e. The van der Waals surface area contributed by atoms with Crippen molar-refractivity contribution in [1.29, 1.82) is 0 Å². The number of alkyl halides is 1. The Morgan fingerprint density at radius 1 is 1.00 bits per heavy atom. The summed E-state index contributed by atoms with van der Waals surface area (Å²) in [6.07, 6.45) is 10.5. The summed E-state index contributed by atoms with van der Waals surface area (Å²) >= 11 is 3.75. The van der Waals surface area contributed by atoms with Gasteiger partial charge in [0, 0.05) is 11.4 Å². The molecule has 0 spiro atoms. The third kappa shape index (κ3) is 4.22. The Morgan fingerprint density at radius 3 is 2.24 bits per heavy atom. The molecule has 2 aliphatic rings. The number of aliphatic hydroxyl groups is 1. The summed E-state index contributed by atoms with van der Waals surface area (Å²) in [4.78, 5) is 2.75. The number of nitrogens with zero attached hydrogens (tertiary/aromatic N) is 1. The fourth-order valence-corrected chi connectivity index (χ4v) is 3.97. The lowest BCUT2D eigenvalue weighted by atomic mass is 9.85. The first-order valence-electron chi connectivity index (χ1n) is 7.32. The van der Waals surface area contributed by atoms with Gasteiger partial charge in [-0.15, -0.1) is 0 Å². The maximum absolute atomic E-state index is 10.3. The number of piperidine rings is 1. The van der Waals surface area contributed by atoms with E-state index in [0.717, 1.165) is 6.54 Å². The second-order valence-corrected chi connectivity index (χ2v) is 6.83. The second kappa shape index (κ2) is 7.10. The van der Waals surface area contributed by atoms with Gasteiger partial charge in [0.2, 0.25) is 0 Å². The molecule has 0 bridgehead atoms. The summed E-state index contributed by atoms with van der Waals surface area (Å²) in [6.45, 7) is 3.23.